The zero-order valence-electron chi connectivity index (χ0n) is 14.1. The molecule has 0 aliphatic heterocycles. The molecule has 1 amide bonds. The van der Waals surface area contributed by atoms with Crippen LogP contribution < -0.4 is 10.6 Å². The molecule has 0 aliphatic rings. The van der Waals surface area contributed by atoms with E-state index >= 15 is 0 Å². The molecule has 1 heterocycles. The van der Waals surface area contributed by atoms with Crippen molar-refractivity contribution >= 4 is 17.4 Å². The fourth-order valence-corrected chi connectivity index (χ4v) is 2.15. The lowest BCUT2D eigenvalue weighted by Gasteiger charge is -2.09. The van der Waals surface area contributed by atoms with Gasteiger partial charge in [0.05, 0.1) is 5.56 Å². The number of amides is 1. The first kappa shape index (κ1) is 17.0. The summed E-state index contributed by atoms with van der Waals surface area (Å²) in [4.78, 5) is 16.3. The van der Waals surface area contributed by atoms with Crippen molar-refractivity contribution in [2.24, 2.45) is 5.92 Å². The first-order valence-corrected chi connectivity index (χ1v) is 8.18. The molecule has 2 rings (SSSR count). The molecule has 122 valence electrons. The van der Waals surface area contributed by atoms with Crippen LogP contribution in [0.15, 0.2) is 42.6 Å². The summed E-state index contributed by atoms with van der Waals surface area (Å²) in [5.74, 6) is 1.24. The van der Waals surface area contributed by atoms with Crippen LogP contribution >= 0.6 is 0 Å². The SMILES string of the molecule is CCc1ccc(Nc2ccc(C(=O)NCCC(C)C)cn2)cc1. The molecule has 23 heavy (non-hydrogen) atoms. The molecule has 0 aliphatic carbocycles. The fraction of sp³-hybridized carbons (Fsp3) is 0.368. The van der Waals surface area contributed by atoms with Crippen LogP contribution in [-0.4, -0.2) is 17.4 Å². The molecule has 2 aromatic rings. The van der Waals surface area contributed by atoms with Gasteiger partial charge in [0.2, 0.25) is 0 Å². The number of carbonyl (C=O) groups excluding carboxylic acids is 1. The van der Waals surface area contributed by atoms with Crippen LogP contribution in [0.3, 0.4) is 0 Å². The van der Waals surface area contributed by atoms with E-state index in [1.807, 2.05) is 18.2 Å². The Labute approximate surface area is 138 Å². The highest BCUT2D eigenvalue weighted by Crippen LogP contribution is 2.15. The van der Waals surface area contributed by atoms with E-state index in [1.54, 1.807) is 12.3 Å². The molecule has 0 radical (unpaired) electrons. The molecule has 4 nitrogen and oxygen atoms in total. The van der Waals surface area contributed by atoms with Crippen molar-refractivity contribution in [1.29, 1.82) is 0 Å². The predicted molar refractivity (Wildman–Crippen MR) is 95.1 cm³/mol. The Bertz CT molecular complexity index is 618. The molecule has 0 atom stereocenters. The monoisotopic (exact) mass is 311 g/mol. The van der Waals surface area contributed by atoms with Crippen molar-refractivity contribution in [3.63, 3.8) is 0 Å². The van der Waals surface area contributed by atoms with Crippen LogP contribution in [0, 0.1) is 5.92 Å². The van der Waals surface area contributed by atoms with E-state index in [-0.39, 0.29) is 5.91 Å². The third kappa shape index (κ3) is 5.40. The molecule has 0 unspecified atom stereocenters. The summed E-state index contributed by atoms with van der Waals surface area (Å²) in [5.41, 5.74) is 2.88. The fourth-order valence-electron chi connectivity index (χ4n) is 2.15. The Morgan fingerprint density at radius 2 is 1.87 bits per heavy atom. The number of nitrogens with zero attached hydrogens (tertiary/aromatic N) is 1. The van der Waals surface area contributed by atoms with E-state index in [1.165, 1.54) is 5.56 Å². The van der Waals surface area contributed by atoms with Crippen LogP contribution in [0.5, 0.6) is 0 Å². The third-order valence-electron chi connectivity index (χ3n) is 3.67. The van der Waals surface area contributed by atoms with Gasteiger partial charge < -0.3 is 10.6 Å². The third-order valence-corrected chi connectivity index (χ3v) is 3.67. The average molecular weight is 311 g/mol. The summed E-state index contributed by atoms with van der Waals surface area (Å²) in [5, 5.41) is 6.15. The smallest absolute Gasteiger partial charge is 0.252 e. The molecular weight excluding hydrogens is 286 g/mol. The molecule has 0 saturated heterocycles. The molecule has 0 saturated carbocycles. The van der Waals surface area contributed by atoms with E-state index < -0.39 is 0 Å². The van der Waals surface area contributed by atoms with Gasteiger partial charge in [-0.2, -0.15) is 0 Å². The Morgan fingerprint density at radius 1 is 1.13 bits per heavy atom. The van der Waals surface area contributed by atoms with Crippen LogP contribution in [0.4, 0.5) is 11.5 Å². The van der Waals surface area contributed by atoms with E-state index in [9.17, 15) is 4.79 Å². The van der Waals surface area contributed by atoms with E-state index in [4.69, 9.17) is 0 Å². The average Bonchev–Trinajstić information content (AvgIpc) is 2.56. The Kier molecular flexibility index (Phi) is 6.15. The summed E-state index contributed by atoms with van der Waals surface area (Å²) in [6.07, 6.45) is 3.61. The standard InChI is InChI=1S/C19H25N3O/c1-4-15-5-8-17(9-6-15)22-18-10-7-16(13-21-18)19(23)20-12-11-14(2)3/h5-10,13-14H,4,11-12H2,1-3H3,(H,20,23)(H,21,22). The number of carbonyl (C=O) groups is 1. The molecule has 4 heteroatoms. The lowest BCUT2D eigenvalue weighted by molar-refractivity contribution is 0.0951. The maximum Gasteiger partial charge on any atom is 0.252 e. The van der Waals surface area contributed by atoms with Gasteiger partial charge in [-0.25, -0.2) is 4.98 Å². The van der Waals surface area contributed by atoms with Crippen LogP contribution in [0.2, 0.25) is 0 Å². The summed E-state index contributed by atoms with van der Waals surface area (Å²) in [7, 11) is 0. The Hall–Kier alpha value is -2.36. The van der Waals surface area contributed by atoms with Crippen molar-refractivity contribution in [3.8, 4) is 0 Å². The van der Waals surface area contributed by atoms with Crippen LogP contribution in [-0.2, 0) is 6.42 Å². The van der Waals surface area contributed by atoms with Gasteiger partial charge in [-0.3, -0.25) is 4.79 Å². The quantitative estimate of drug-likeness (QED) is 0.807. The Balaban J connectivity index is 1.91. The minimum absolute atomic E-state index is 0.0722. The maximum atomic E-state index is 12.0. The van der Waals surface area contributed by atoms with Crippen molar-refractivity contribution in [3.05, 3.63) is 53.7 Å². The molecule has 2 N–H and O–H groups in total. The van der Waals surface area contributed by atoms with Crippen molar-refractivity contribution < 1.29 is 4.79 Å². The second kappa shape index (κ2) is 8.32. The van der Waals surface area contributed by atoms with Gasteiger partial charge in [-0.05, 0) is 48.6 Å². The van der Waals surface area contributed by atoms with Crippen molar-refractivity contribution in [2.45, 2.75) is 33.6 Å². The van der Waals surface area contributed by atoms with Crippen molar-refractivity contribution in [1.82, 2.24) is 10.3 Å². The molecule has 0 bridgehead atoms. The summed E-state index contributed by atoms with van der Waals surface area (Å²) in [6, 6.07) is 11.9. The lowest BCUT2D eigenvalue weighted by Crippen LogP contribution is -2.25. The first-order valence-electron chi connectivity index (χ1n) is 8.18. The minimum atomic E-state index is -0.0722. The first-order chi connectivity index (χ1) is 11.1. The van der Waals surface area contributed by atoms with E-state index in [0.29, 0.717) is 18.0 Å². The molecule has 1 aromatic carbocycles. The normalized spacial score (nSPS) is 10.6. The molecule has 1 aromatic heterocycles. The maximum absolute atomic E-state index is 12.0. The van der Waals surface area contributed by atoms with Gasteiger partial charge in [0.1, 0.15) is 5.82 Å². The second-order valence-corrected chi connectivity index (χ2v) is 6.05. The van der Waals surface area contributed by atoms with E-state index in [0.717, 1.165) is 24.3 Å². The highest BCUT2D eigenvalue weighted by molar-refractivity contribution is 5.94. The predicted octanol–water partition coefficient (Wildman–Crippen LogP) is 4.16. The highest BCUT2D eigenvalue weighted by Gasteiger charge is 2.06. The number of pyridine rings is 1. The number of hydrogen-bond acceptors (Lipinski definition) is 3. The molecular formula is C19H25N3O. The molecule has 0 spiro atoms. The zero-order valence-corrected chi connectivity index (χ0v) is 14.1. The van der Waals surface area contributed by atoms with Crippen molar-refractivity contribution in [2.75, 3.05) is 11.9 Å². The zero-order chi connectivity index (χ0) is 16.7. The Morgan fingerprint density at radius 3 is 2.43 bits per heavy atom. The highest BCUT2D eigenvalue weighted by atomic mass is 16.1. The van der Waals surface area contributed by atoms with Gasteiger partial charge in [0, 0.05) is 18.4 Å². The van der Waals surface area contributed by atoms with Gasteiger partial charge >= 0.3 is 0 Å². The largest absolute Gasteiger partial charge is 0.352 e. The minimum Gasteiger partial charge on any atom is -0.352 e. The number of rotatable bonds is 7. The van der Waals surface area contributed by atoms with Gasteiger partial charge in [0.25, 0.3) is 5.91 Å². The number of nitrogens with one attached hydrogen (secondary N) is 2. The summed E-state index contributed by atoms with van der Waals surface area (Å²) < 4.78 is 0. The second-order valence-electron chi connectivity index (χ2n) is 6.05. The van der Waals surface area contributed by atoms with Gasteiger partial charge in [0.15, 0.2) is 0 Å². The number of aromatic nitrogens is 1. The van der Waals surface area contributed by atoms with E-state index in [2.05, 4.69) is 48.5 Å². The number of benzene rings is 1. The molecule has 0 fully saturated rings. The topological polar surface area (TPSA) is 54.0 Å². The van der Waals surface area contributed by atoms with Gasteiger partial charge in [-0.15, -0.1) is 0 Å². The summed E-state index contributed by atoms with van der Waals surface area (Å²) >= 11 is 0. The van der Waals surface area contributed by atoms with Crippen LogP contribution in [0.25, 0.3) is 0 Å². The number of aryl methyl sites for hydroxylation is 1. The number of anilines is 2. The number of hydrogen-bond donors (Lipinski definition) is 2. The summed E-state index contributed by atoms with van der Waals surface area (Å²) in [6.45, 7) is 7.11. The lowest BCUT2D eigenvalue weighted by atomic mass is 10.1. The van der Waals surface area contributed by atoms with Gasteiger partial charge in [-0.1, -0.05) is 32.9 Å². The van der Waals surface area contributed by atoms with Crippen LogP contribution in [0.1, 0.15) is 43.1 Å².